The van der Waals surface area contributed by atoms with Gasteiger partial charge in [-0.15, -0.1) is 0 Å². The molecule has 0 aromatic rings. The highest BCUT2D eigenvalue weighted by atomic mass is 19.4. The van der Waals surface area contributed by atoms with Gasteiger partial charge >= 0.3 is 6.18 Å². The first-order valence-corrected chi connectivity index (χ1v) is 3.23. The van der Waals surface area contributed by atoms with Crippen molar-refractivity contribution in [3.05, 3.63) is 0 Å². The molecule has 0 amide bonds. The molecule has 0 radical (unpaired) electrons. The summed E-state index contributed by atoms with van der Waals surface area (Å²) in [6, 6.07) is 0. The van der Waals surface area contributed by atoms with Gasteiger partial charge in [0.2, 0.25) is 5.60 Å². The van der Waals surface area contributed by atoms with Gasteiger partial charge in [-0.25, -0.2) is 0 Å². The Morgan fingerprint density at radius 3 is 2.33 bits per heavy atom. The summed E-state index contributed by atoms with van der Waals surface area (Å²) >= 11 is 0. The average Bonchev–Trinajstić information content (AvgIpc) is 2.06. The topological polar surface area (TPSA) is 46.5 Å². The SMILES string of the molecule is CC1(C(F)(F)F)OC(O)CC1=O. The van der Waals surface area contributed by atoms with Crippen molar-refractivity contribution in [1.82, 2.24) is 0 Å². The van der Waals surface area contributed by atoms with Gasteiger partial charge in [0.15, 0.2) is 12.1 Å². The molecule has 12 heavy (non-hydrogen) atoms. The quantitative estimate of drug-likeness (QED) is 0.600. The number of halogens is 3. The zero-order valence-corrected chi connectivity index (χ0v) is 6.18. The van der Waals surface area contributed by atoms with Gasteiger partial charge in [0, 0.05) is 0 Å². The van der Waals surface area contributed by atoms with E-state index in [1.807, 2.05) is 0 Å². The highest BCUT2D eigenvalue weighted by molar-refractivity contribution is 5.89. The summed E-state index contributed by atoms with van der Waals surface area (Å²) in [4.78, 5) is 10.7. The van der Waals surface area contributed by atoms with E-state index < -0.39 is 30.3 Å². The Labute approximate surface area is 66.1 Å². The summed E-state index contributed by atoms with van der Waals surface area (Å²) in [5, 5.41) is 8.66. The molecule has 1 aliphatic rings. The molecule has 0 aliphatic carbocycles. The molecule has 0 aromatic heterocycles. The summed E-state index contributed by atoms with van der Waals surface area (Å²) in [6.07, 6.45) is -7.00. The van der Waals surface area contributed by atoms with Crippen molar-refractivity contribution in [2.24, 2.45) is 0 Å². The second kappa shape index (κ2) is 2.43. The molecule has 1 heterocycles. The Balaban J connectivity index is 2.93. The van der Waals surface area contributed by atoms with Gasteiger partial charge in [-0.1, -0.05) is 0 Å². The van der Waals surface area contributed by atoms with Crippen LogP contribution in [-0.4, -0.2) is 29.0 Å². The van der Waals surface area contributed by atoms with Gasteiger partial charge in [0.05, 0.1) is 6.42 Å². The fourth-order valence-corrected chi connectivity index (χ4v) is 0.958. The third-order valence-corrected chi connectivity index (χ3v) is 1.80. The minimum atomic E-state index is -4.76. The average molecular weight is 184 g/mol. The molecule has 1 saturated heterocycles. The van der Waals surface area contributed by atoms with Crippen LogP contribution < -0.4 is 0 Å². The van der Waals surface area contributed by atoms with Crippen molar-refractivity contribution >= 4 is 5.78 Å². The zero-order chi connectivity index (χ0) is 9.57. The maximum Gasteiger partial charge on any atom is 0.424 e. The molecule has 1 N–H and O–H groups in total. The monoisotopic (exact) mass is 184 g/mol. The standard InChI is InChI=1S/C6H7F3O3/c1-5(6(7,8)9)3(10)2-4(11)12-5/h4,11H,2H2,1H3. The van der Waals surface area contributed by atoms with E-state index in [0.29, 0.717) is 6.92 Å². The third-order valence-electron chi connectivity index (χ3n) is 1.80. The number of hydrogen-bond acceptors (Lipinski definition) is 3. The maximum atomic E-state index is 12.1. The van der Waals surface area contributed by atoms with E-state index >= 15 is 0 Å². The van der Waals surface area contributed by atoms with Gasteiger partial charge in [-0.2, -0.15) is 13.2 Å². The number of ketones is 1. The lowest BCUT2D eigenvalue weighted by Gasteiger charge is -2.24. The Morgan fingerprint density at radius 1 is 1.67 bits per heavy atom. The lowest BCUT2D eigenvalue weighted by Crippen LogP contribution is -2.47. The summed E-state index contributed by atoms with van der Waals surface area (Å²) in [7, 11) is 0. The minimum absolute atomic E-state index is 0.601. The fraction of sp³-hybridized carbons (Fsp3) is 0.833. The second-order valence-corrected chi connectivity index (χ2v) is 2.73. The van der Waals surface area contributed by atoms with Crippen molar-refractivity contribution in [2.75, 3.05) is 0 Å². The summed E-state index contributed by atoms with van der Waals surface area (Å²) in [5.74, 6) is -1.14. The number of carbonyl (C=O) groups excluding carboxylic acids is 1. The third kappa shape index (κ3) is 1.21. The molecule has 0 spiro atoms. The lowest BCUT2D eigenvalue weighted by atomic mass is 10.0. The summed E-state index contributed by atoms with van der Waals surface area (Å²) < 4.78 is 40.4. The molecular weight excluding hydrogens is 177 g/mol. The Hall–Kier alpha value is -0.620. The first kappa shape index (κ1) is 9.47. The summed E-state index contributed by atoms with van der Waals surface area (Å²) in [5.41, 5.74) is -2.83. The van der Waals surface area contributed by atoms with E-state index in [-0.39, 0.29) is 0 Å². The molecule has 0 aromatic carbocycles. The van der Waals surface area contributed by atoms with Gasteiger partial charge in [0.25, 0.3) is 0 Å². The molecule has 0 saturated carbocycles. The van der Waals surface area contributed by atoms with E-state index in [0.717, 1.165) is 0 Å². The Morgan fingerprint density at radius 2 is 2.17 bits per heavy atom. The normalized spacial score (nSPS) is 37.4. The molecule has 1 aliphatic heterocycles. The molecule has 2 atom stereocenters. The molecule has 3 nitrogen and oxygen atoms in total. The van der Waals surface area contributed by atoms with E-state index in [1.54, 1.807) is 0 Å². The maximum absolute atomic E-state index is 12.1. The van der Waals surface area contributed by atoms with E-state index in [2.05, 4.69) is 4.74 Å². The predicted octanol–water partition coefficient (Wildman–Crippen LogP) is 0.615. The Kier molecular flexibility index (Phi) is 1.92. The van der Waals surface area contributed by atoms with Gasteiger partial charge in [-0.3, -0.25) is 4.79 Å². The molecule has 1 rings (SSSR count). The van der Waals surface area contributed by atoms with Crippen molar-refractivity contribution in [2.45, 2.75) is 31.4 Å². The van der Waals surface area contributed by atoms with Crippen LogP contribution in [0.15, 0.2) is 0 Å². The van der Waals surface area contributed by atoms with Crippen LogP contribution in [0.4, 0.5) is 13.2 Å². The first-order valence-electron chi connectivity index (χ1n) is 3.23. The number of rotatable bonds is 0. The Bertz CT molecular complexity index is 213. The predicted molar refractivity (Wildman–Crippen MR) is 31.2 cm³/mol. The van der Waals surface area contributed by atoms with Crippen LogP contribution >= 0.6 is 0 Å². The van der Waals surface area contributed by atoms with Crippen LogP contribution in [0.2, 0.25) is 0 Å². The van der Waals surface area contributed by atoms with E-state index in [1.165, 1.54) is 0 Å². The van der Waals surface area contributed by atoms with E-state index in [4.69, 9.17) is 5.11 Å². The number of ether oxygens (including phenoxy) is 1. The molecule has 0 bridgehead atoms. The molecule has 70 valence electrons. The van der Waals surface area contributed by atoms with Crippen LogP contribution in [0.25, 0.3) is 0 Å². The largest absolute Gasteiger partial charge is 0.424 e. The number of hydrogen-bond donors (Lipinski definition) is 1. The number of Topliss-reactive ketones (excluding diaryl/α,β-unsaturated/α-hetero) is 1. The highest BCUT2D eigenvalue weighted by Gasteiger charge is 2.62. The summed E-state index contributed by atoms with van der Waals surface area (Å²) in [6.45, 7) is 0.617. The molecule has 6 heteroatoms. The molecule has 2 unspecified atom stereocenters. The van der Waals surface area contributed by atoms with Crippen molar-refractivity contribution < 1.29 is 27.8 Å². The van der Waals surface area contributed by atoms with Crippen molar-refractivity contribution in [1.29, 1.82) is 0 Å². The second-order valence-electron chi connectivity index (χ2n) is 2.73. The number of aliphatic hydroxyl groups excluding tert-OH is 1. The van der Waals surface area contributed by atoms with Crippen molar-refractivity contribution in [3.63, 3.8) is 0 Å². The molecule has 1 fully saturated rings. The minimum Gasteiger partial charge on any atom is -0.368 e. The van der Waals surface area contributed by atoms with Crippen LogP contribution in [0, 0.1) is 0 Å². The lowest BCUT2D eigenvalue weighted by molar-refractivity contribution is -0.275. The number of alkyl halides is 3. The fourth-order valence-electron chi connectivity index (χ4n) is 0.958. The van der Waals surface area contributed by atoms with E-state index in [9.17, 15) is 18.0 Å². The number of carbonyl (C=O) groups is 1. The van der Waals surface area contributed by atoms with Gasteiger partial charge in [0.1, 0.15) is 0 Å². The van der Waals surface area contributed by atoms with Crippen LogP contribution in [0.5, 0.6) is 0 Å². The van der Waals surface area contributed by atoms with Crippen LogP contribution in [-0.2, 0) is 9.53 Å². The smallest absolute Gasteiger partial charge is 0.368 e. The van der Waals surface area contributed by atoms with Crippen molar-refractivity contribution in [3.8, 4) is 0 Å². The number of aliphatic hydroxyl groups is 1. The zero-order valence-electron chi connectivity index (χ0n) is 6.18. The van der Waals surface area contributed by atoms with Gasteiger partial charge < -0.3 is 9.84 Å². The first-order chi connectivity index (χ1) is 5.27. The van der Waals surface area contributed by atoms with Crippen LogP contribution in [0.3, 0.4) is 0 Å². The van der Waals surface area contributed by atoms with Crippen LogP contribution in [0.1, 0.15) is 13.3 Å². The van der Waals surface area contributed by atoms with Gasteiger partial charge in [-0.05, 0) is 6.92 Å². The highest BCUT2D eigenvalue weighted by Crippen LogP contribution is 2.39. The molecular formula is C6H7F3O3.